The van der Waals surface area contributed by atoms with Crippen LogP contribution in [0, 0.1) is 6.92 Å². The molecule has 2 N–H and O–H groups in total. The van der Waals surface area contributed by atoms with Crippen molar-refractivity contribution in [1.82, 2.24) is 9.97 Å². The number of aryl methyl sites for hydroxylation is 1. The molecule has 1 aromatic rings. The largest absolute Gasteiger partial charge is 0.392 e. The normalized spacial score (nSPS) is 24.0. The summed E-state index contributed by atoms with van der Waals surface area (Å²) in [5.74, 6) is 0.621. The van der Waals surface area contributed by atoms with Crippen LogP contribution in [0.5, 0.6) is 0 Å². The van der Waals surface area contributed by atoms with E-state index in [0.717, 1.165) is 36.9 Å². The zero-order valence-electron chi connectivity index (χ0n) is 11.0. The summed E-state index contributed by atoms with van der Waals surface area (Å²) in [7, 11) is 1.92. The Bertz CT molecular complexity index is 411. The third-order valence-electron chi connectivity index (χ3n) is 3.75. The molecule has 100 valence electrons. The monoisotopic (exact) mass is 251 g/mol. The van der Waals surface area contributed by atoms with E-state index in [4.69, 9.17) is 5.11 Å². The molecule has 2 atom stereocenters. The molecular formula is C13H21N3O2. The number of aliphatic hydroxyl groups excluding tert-OH is 2. The Labute approximate surface area is 107 Å². The number of hydrogen-bond donors (Lipinski definition) is 2. The van der Waals surface area contributed by atoms with Crippen LogP contribution < -0.4 is 4.90 Å². The average Bonchev–Trinajstić information content (AvgIpc) is 2.38. The molecule has 5 nitrogen and oxygen atoms in total. The summed E-state index contributed by atoms with van der Waals surface area (Å²) in [6.07, 6.45) is 5.41. The lowest BCUT2D eigenvalue weighted by Crippen LogP contribution is -2.44. The summed E-state index contributed by atoms with van der Waals surface area (Å²) in [5.41, 5.74) is 1.54. The van der Waals surface area contributed by atoms with Gasteiger partial charge in [-0.3, -0.25) is 0 Å². The van der Waals surface area contributed by atoms with Crippen LogP contribution in [0.4, 0.5) is 5.95 Å². The van der Waals surface area contributed by atoms with Crippen molar-refractivity contribution < 1.29 is 10.2 Å². The van der Waals surface area contributed by atoms with E-state index in [2.05, 4.69) is 9.97 Å². The fourth-order valence-corrected chi connectivity index (χ4v) is 2.50. The molecule has 1 fully saturated rings. The second-order valence-corrected chi connectivity index (χ2v) is 4.97. The molecule has 0 aromatic carbocycles. The Morgan fingerprint density at radius 2 is 2.11 bits per heavy atom. The summed E-state index contributed by atoms with van der Waals surface area (Å²) in [6, 6.07) is 0.0955. The number of anilines is 1. The van der Waals surface area contributed by atoms with Gasteiger partial charge in [-0.05, 0) is 19.8 Å². The average molecular weight is 251 g/mol. The smallest absolute Gasteiger partial charge is 0.225 e. The summed E-state index contributed by atoms with van der Waals surface area (Å²) >= 11 is 0. The number of aliphatic hydroxyl groups is 2. The molecule has 0 radical (unpaired) electrons. The zero-order chi connectivity index (χ0) is 13.1. The molecule has 1 aromatic heterocycles. The first kappa shape index (κ1) is 13.2. The maximum absolute atomic E-state index is 10.0. The molecule has 0 aliphatic heterocycles. The lowest BCUT2D eigenvalue weighted by atomic mass is 9.92. The van der Waals surface area contributed by atoms with Crippen molar-refractivity contribution >= 4 is 5.95 Å². The van der Waals surface area contributed by atoms with Crippen LogP contribution in [0.3, 0.4) is 0 Å². The van der Waals surface area contributed by atoms with Gasteiger partial charge in [-0.15, -0.1) is 0 Å². The van der Waals surface area contributed by atoms with Gasteiger partial charge in [0, 0.05) is 24.5 Å². The Hall–Kier alpha value is -1.20. The molecule has 5 heteroatoms. The van der Waals surface area contributed by atoms with Gasteiger partial charge in [0.15, 0.2) is 0 Å². The molecule has 1 heterocycles. The summed E-state index contributed by atoms with van der Waals surface area (Å²) in [5, 5.41) is 19.1. The molecule has 1 saturated carbocycles. The molecule has 18 heavy (non-hydrogen) atoms. The Kier molecular flexibility index (Phi) is 4.14. The molecule has 1 aliphatic rings. The predicted molar refractivity (Wildman–Crippen MR) is 69.4 cm³/mol. The molecule has 2 rings (SSSR count). The molecule has 1 aliphatic carbocycles. The summed E-state index contributed by atoms with van der Waals surface area (Å²) in [4.78, 5) is 10.6. The molecule has 0 bridgehead atoms. The van der Waals surface area contributed by atoms with Crippen LogP contribution >= 0.6 is 0 Å². The van der Waals surface area contributed by atoms with Gasteiger partial charge in [0.25, 0.3) is 0 Å². The van der Waals surface area contributed by atoms with E-state index < -0.39 is 0 Å². The maximum Gasteiger partial charge on any atom is 0.225 e. The minimum absolute atomic E-state index is 0.0398. The zero-order valence-corrected chi connectivity index (χ0v) is 11.0. The number of hydrogen-bond acceptors (Lipinski definition) is 5. The molecule has 0 amide bonds. The number of likely N-dealkylation sites (N-methyl/N-ethyl adjacent to an activating group) is 1. The van der Waals surface area contributed by atoms with Gasteiger partial charge in [0.1, 0.15) is 0 Å². The number of rotatable bonds is 3. The van der Waals surface area contributed by atoms with Crippen LogP contribution in [0.1, 0.15) is 36.9 Å². The van der Waals surface area contributed by atoms with Gasteiger partial charge >= 0.3 is 0 Å². The fraction of sp³-hybridized carbons (Fsp3) is 0.692. The first-order valence-electron chi connectivity index (χ1n) is 6.47. The number of aromatic nitrogens is 2. The Morgan fingerprint density at radius 1 is 1.39 bits per heavy atom. The van der Waals surface area contributed by atoms with Gasteiger partial charge in [0.05, 0.1) is 18.8 Å². The maximum atomic E-state index is 10.0. The lowest BCUT2D eigenvalue weighted by Gasteiger charge is -2.35. The molecule has 0 saturated heterocycles. The van der Waals surface area contributed by atoms with Crippen molar-refractivity contribution in [2.75, 3.05) is 11.9 Å². The standard InChI is InChI=1S/C13H21N3O2/c1-9-10(8-17)7-14-13(15-9)16(2)11-5-3-4-6-12(11)18/h7,11-12,17-18H,3-6,8H2,1-2H3. The van der Waals surface area contributed by atoms with E-state index >= 15 is 0 Å². The van der Waals surface area contributed by atoms with Gasteiger partial charge in [-0.1, -0.05) is 12.8 Å². The van der Waals surface area contributed by atoms with E-state index in [-0.39, 0.29) is 18.8 Å². The quantitative estimate of drug-likeness (QED) is 0.839. The highest BCUT2D eigenvalue weighted by Gasteiger charge is 2.28. The third-order valence-corrected chi connectivity index (χ3v) is 3.75. The predicted octanol–water partition coefficient (Wildman–Crippen LogP) is 1.02. The van der Waals surface area contributed by atoms with E-state index in [1.807, 2.05) is 18.9 Å². The molecule has 0 spiro atoms. The van der Waals surface area contributed by atoms with Crippen molar-refractivity contribution in [2.45, 2.75) is 51.4 Å². The van der Waals surface area contributed by atoms with E-state index in [1.165, 1.54) is 0 Å². The van der Waals surface area contributed by atoms with E-state index in [0.29, 0.717) is 5.95 Å². The minimum atomic E-state index is -0.301. The highest BCUT2D eigenvalue weighted by Crippen LogP contribution is 2.24. The van der Waals surface area contributed by atoms with Crippen molar-refractivity contribution in [3.63, 3.8) is 0 Å². The first-order chi connectivity index (χ1) is 8.63. The van der Waals surface area contributed by atoms with Crippen molar-refractivity contribution in [3.8, 4) is 0 Å². The Balaban J connectivity index is 2.17. The second kappa shape index (κ2) is 5.63. The highest BCUT2D eigenvalue weighted by molar-refractivity contribution is 5.33. The summed E-state index contributed by atoms with van der Waals surface area (Å²) < 4.78 is 0. The van der Waals surface area contributed by atoms with Gasteiger partial charge in [0.2, 0.25) is 5.95 Å². The van der Waals surface area contributed by atoms with Gasteiger partial charge in [-0.2, -0.15) is 0 Å². The van der Waals surface area contributed by atoms with Crippen LogP contribution in [0.25, 0.3) is 0 Å². The first-order valence-corrected chi connectivity index (χ1v) is 6.47. The van der Waals surface area contributed by atoms with Gasteiger partial charge in [-0.25, -0.2) is 9.97 Å². The lowest BCUT2D eigenvalue weighted by molar-refractivity contribution is 0.105. The van der Waals surface area contributed by atoms with Gasteiger partial charge < -0.3 is 15.1 Å². The van der Waals surface area contributed by atoms with Crippen molar-refractivity contribution in [1.29, 1.82) is 0 Å². The van der Waals surface area contributed by atoms with Crippen molar-refractivity contribution in [3.05, 3.63) is 17.5 Å². The SMILES string of the molecule is Cc1nc(N(C)C2CCCCC2O)ncc1CO. The van der Waals surface area contributed by atoms with Crippen LogP contribution in [-0.2, 0) is 6.61 Å². The van der Waals surface area contributed by atoms with E-state index in [9.17, 15) is 5.11 Å². The van der Waals surface area contributed by atoms with Crippen LogP contribution in [0.2, 0.25) is 0 Å². The highest BCUT2D eigenvalue weighted by atomic mass is 16.3. The van der Waals surface area contributed by atoms with Crippen LogP contribution in [-0.4, -0.2) is 39.4 Å². The topological polar surface area (TPSA) is 69.5 Å². The summed E-state index contributed by atoms with van der Waals surface area (Å²) in [6.45, 7) is 1.82. The second-order valence-electron chi connectivity index (χ2n) is 4.97. The molecular weight excluding hydrogens is 230 g/mol. The fourth-order valence-electron chi connectivity index (χ4n) is 2.50. The van der Waals surface area contributed by atoms with E-state index in [1.54, 1.807) is 6.20 Å². The van der Waals surface area contributed by atoms with Crippen molar-refractivity contribution in [2.24, 2.45) is 0 Å². The molecule has 2 unspecified atom stereocenters. The minimum Gasteiger partial charge on any atom is -0.392 e. The third kappa shape index (κ3) is 2.62. The Morgan fingerprint density at radius 3 is 2.72 bits per heavy atom. The number of nitrogens with zero attached hydrogens (tertiary/aromatic N) is 3. The van der Waals surface area contributed by atoms with Crippen LogP contribution in [0.15, 0.2) is 6.20 Å².